The summed E-state index contributed by atoms with van der Waals surface area (Å²) >= 11 is 0. The Hall–Kier alpha value is -2.19. The third kappa shape index (κ3) is 8.12. The Morgan fingerprint density at radius 3 is 2.39 bits per heavy atom. The van der Waals surface area contributed by atoms with Crippen molar-refractivity contribution in [3.05, 3.63) is 48.0 Å². The van der Waals surface area contributed by atoms with Gasteiger partial charge in [0.05, 0.1) is 18.9 Å². The number of sulfonamides is 1. The van der Waals surface area contributed by atoms with Gasteiger partial charge in [0, 0.05) is 12.2 Å². The van der Waals surface area contributed by atoms with Crippen molar-refractivity contribution in [1.29, 1.82) is 0 Å². The molecule has 7 nitrogen and oxygen atoms in total. The van der Waals surface area contributed by atoms with Gasteiger partial charge >= 0.3 is 11.9 Å². The zero-order chi connectivity index (χ0) is 17.3. The minimum Gasteiger partial charge on any atom is -0.466 e. The molecule has 1 aromatic carbocycles. The van der Waals surface area contributed by atoms with E-state index in [9.17, 15) is 18.0 Å². The van der Waals surface area contributed by atoms with Crippen molar-refractivity contribution in [2.45, 2.75) is 18.7 Å². The van der Waals surface area contributed by atoms with E-state index in [2.05, 4.69) is 9.46 Å². The molecule has 0 spiro atoms. The number of benzene rings is 1. The van der Waals surface area contributed by atoms with Crippen molar-refractivity contribution in [3.63, 3.8) is 0 Å². The molecule has 0 heterocycles. The Kier molecular flexibility index (Phi) is 7.43. The summed E-state index contributed by atoms with van der Waals surface area (Å²) in [5, 5.41) is 0. The summed E-state index contributed by atoms with van der Waals surface area (Å²) in [6.45, 7) is 1.41. The highest BCUT2D eigenvalue weighted by Crippen LogP contribution is 2.05. The maximum atomic E-state index is 12.0. The number of hydrogen-bond acceptors (Lipinski definition) is 6. The topological polar surface area (TPSA) is 98.8 Å². The molecule has 23 heavy (non-hydrogen) atoms. The van der Waals surface area contributed by atoms with Crippen molar-refractivity contribution in [1.82, 2.24) is 4.72 Å². The highest BCUT2D eigenvalue weighted by molar-refractivity contribution is 7.88. The highest BCUT2D eigenvalue weighted by atomic mass is 32.2. The van der Waals surface area contributed by atoms with Gasteiger partial charge < -0.3 is 9.47 Å². The third-order valence-electron chi connectivity index (χ3n) is 2.61. The second kappa shape index (κ2) is 9.06. The van der Waals surface area contributed by atoms with Crippen LogP contribution in [0.3, 0.4) is 0 Å². The molecule has 0 fully saturated rings. The molecule has 1 atom stereocenters. The Morgan fingerprint density at radius 2 is 1.78 bits per heavy atom. The minimum atomic E-state index is -3.54. The molecule has 0 amide bonds. The molecule has 0 aliphatic rings. The van der Waals surface area contributed by atoms with Crippen molar-refractivity contribution < 1.29 is 27.5 Å². The standard InChI is InChI=1S/C15H19NO6S/c1-12(10-22-15(18)9-8-14(17)21-2)16-23(19,20)11-13-6-4-3-5-7-13/h3-9,12,16H,10-11H2,1-2H3/b9-8+. The van der Waals surface area contributed by atoms with Crippen molar-refractivity contribution in [3.8, 4) is 0 Å². The monoisotopic (exact) mass is 341 g/mol. The summed E-state index contributed by atoms with van der Waals surface area (Å²) in [5.41, 5.74) is 0.658. The first-order valence-electron chi connectivity index (χ1n) is 6.79. The average molecular weight is 341 g/mol. The van der Waals surface area contributed by atoms with E-state index in [0.29, 0.717) is 5.56 Å². The number of carbonyl (C=O) groups excluding carboxylic acids is 2. The zero-order valence-corrected chi connectivity index (χ0v) is 13.7. The van der Waals surface area contributed by atoms with Crippen LogP contribution in [0.5, 0.6) is 0 Å². The highest BCUT2D eigenvalue weighted by Gasteiger charge is 2.16. The Labute approximate surface area is 135 Å². The molecule has 1 rings (SSSR count). The molecule has 0 radical (unpaired) electrons. The van der Waals surface area contributed by atoms with Crippen molar-refractivity contribution in [2.24, 2.45) is 0 Å². The Morgan fingerprint density at radius 1 is 1.17 bits per heavy atom. The number of esters is 2. The summed E-state index contributed by atoms with van der Waals surface area (Å²) in [5.74, 6) is -1.60. The van der Waals surface area contributed by atoms with Crippen LogP contribution in [-0.2, 0) is 34.8 Å². The lowest BCUT2D eigenvalue weighted by molar-refractivity contribution is -0.139. The first kappa shape index (κ1) is 18.9. The Balaban J connectivity index is 2.43. The van der Waals surface area contributed by atoms with Gasteiger partial charge in [-0.1, -0.05) is 30.3 Å². The van der Waals surface area contributed by atoms with E-state index in [0.717, 1.165) is 12.2 Å². The SMILES string of the molecule is COC(=O)/C=C/C(=O)OCC(C)NS(=O)(=O)Cc1ccccc1. The molecule has 0 aromatic heterocycles. The van der Waals surface area contributed by atoms with Crippen LogP contribution in [0.2, 0.25) is 0 Å². The molecule has 0 aliphatic heterocycles. The minimum absolute atomic E-state index is 0.154. The third-order valence-corrected chi connectivity index (χ3v) is 4.09. The second-order valence-corrected chi connectivity index (χ2v) is 6.50. The van der Waals surface area contributed by atoms with E-state index in [1.165, 1.54) is 7.11 Å². The molecule has 0 saturated heterocycles. The predicted octanol–water partition coefficient (Wildman–Crippen LogP) is 0.767. The van der Waals surface area contributed by atoms with Gasteiger partial charge in [-0.25, -0.2) is 22.7 Å². The maximum Gasteiger partial charge on any atom is 0.331 e. The molecule has 126 valence electrons. The first-order chi connectivity index (χ1) is 10.8. The van der Waals surface area contributed by atoms with Crippen LogP contribution in [0.15, 0.2) is 42.5 Å². The van der Waals surface area contributed by atoms with Crippen molar-refractivity contribution in [2.75, 3.05) is 13.7 Å². The second-order valence-electron chi connectivity index (χ2n) is 4.75. The number of ether oxygens (including phenoxy) is 2. The first-order valence-corrected chi connectivity index (χ1v) is 8.44. The summed E-state index contributed by atoms with van der Waals surface area (Å²) < 4.78 is 35.5. The molecule has 0 aliphatic carbocycles. The smallest absolute Gasteiger partial charge is 0.331 e. The normalized spacial score (nSPS) is 12.8. The van der Waals surface area contributed by atoms with Gasteiger partial charge in [0.25, 0.3) is 0 Å². The van der Waals surface area contributed by atoms with E-state index in [-0.39, 0.29) is 12.4 Å². The van der Waals surface area contributed by atoms with Gasteiger partial charge in [-0.3, -0.25) is 0 Å². The molecule has 0 bridgehead atoms. The maximum absolute atomic E-state index is 12.0. The number of methoxy groups -OCH3 is 1. The molecule has 1 unspecified atom stereocenters. The molecular weight excluding hydrogens is 322 g/mol. The Bertz CT molecular complexity index is 654. The van der Waals surface area contributed by atoms with Gasteiger partial charge in [-0.15, -0.1) is 0 Å². The van der Waals surface area contributed by atoms with Gasteiger partial charge in [0.1, 0.15) is 6.61 Å². The average Bonchev–Trinajstić information content (AvgIpc) is 2.50. The summed E-state index contributed by atoms with van der Waals surface area (Å²) in [6, 6.07) is 8.13. The fourth-order valence-electron chi connectivity index (χ4n) is 1.64. The number of hydrogen-bond donors (Lipinski definition) is 1. The largest absolute Gasteiger partial charge is 0.466 e. The van der Waals surface area contributed by atoms with Crippen LogP contribution in [0, 0.1) is 0 Å². The predicted molar refractivity (Wildman–Crippen MR) is 83.8 cm³/mol. The van der Waals surface area contributed by atoms with E-state index < -0.39 is 28.0 Å². The van der Waals surface area contributed by atoms with Crippen LogP contribution in [0.25, 0.3) is 0 Å². The van der Waals surface area contributed by atoms with E-state index in [4.69, 9.17) is 4.74 Å². The summed E-state index contributed by atoms with van der Waals surface area (Å²) in [4.78, 5) is 22.1. The zero-order valence-electron chi connectivity index (χ0n) is 12.9. The van der Waals surface area contributed by atoms with Gasteiger partial charge in [-0.2, -0.15) is 0 Å². The van der Waals surface area contributed by atoms with E-state index in [1.807, 2.05) is 0 Å². The molecule has 1 aromatic rings. The van der Waals surface area contributed by atoms with E-state index >= 15 is 0 Å². The van der Waals surface area contributed by atoms with Gasteiger partial charge in [-0.05, 0) is 12.5 Å². The van der Waals surface area contributed by atoms with Crippen molar-refractivity contribution >= 4 is 22.0 Å². The molecule has 8 heteroatoms. The molecule has 0 saturated carbocycles. The molecular formula is C15H19NO6S. The fourth-order valence-corrected chi connectivity index (χ4v) is 3.03. The van der Waals surface area contributed by atoms with Gasteiger partial charge in [0.2, 0.25) is 10.0 Å². The van der Waals surface area contributed by atoms with E-state index in [1.54, 1.807) is 37.3 Å². The lowest BCUT2D eigenvalue weighted by Crippen LogP contribution is -2.37. The number of nitrogens with one attached hydrogen (secondary N) is 1. The lowest BCUT2D eigenvalue weighted by Gasteiger charge is -2.14. The van der Waals surface area contributed by atoms with Crippen LogP contribution < -0.4 is 4.72 Å². The van der Waals surface area contributed by atoms with Crippen LogP contribution in [0.1, 0.15) is 12.5 Å². The van der Waals surface area contributed by atoms with Crippen LogP contribution in [0.4, 0.5) is 0 Å². The number of rotatable bonds is 8. The van der Waals surface area contributed by atoms with Gasteiger partial charge in [0.15, 0.2) is 0 Å². The van der Waals surface area contributed by atoms with Crippen LogP contribution in [-0.4, -0.2) is 40.1 Å². The summed E-state index contributed by atoms with van der Waals surface area (Å²) in [6.07, 6.45) is 1.84. The van der Waals surface area contributed by atoms with Crippen LogP contribution >= 0.6 is 0 Å². The number of carbonyl (C=O) groups is 2. The fraction of sp³-hybridized carbons (Fsp3) is 0.333. The molecule has 1 N–H and O–H groups in total. The summed E-state index contributed by atoms with van der Waals surface area (Å²) in [7, 11) is -2.36. The quantitative estimate of drug-likeness (QED) is 0.554. The lowest BCUT2D eigenvalue weighted by atomic mass is 10.2.